The Morgan fingerprint density at radius 3 is 2.72 bits per heavy atom. The highest BCUT2D eigenvalue weighted by atomic mass is 31.0. The summed E-state index contributed by atoms with van der Waals surface area (Å²) in [5.41, 5.74) is -0.835. The molecule has 1 saturated carbocycles. The summed E-state index contributed by atoms with van der Waals surface area (Å²) in [7, 11) is 5.76. The van der Waals surface area contributed by atoms with E-state index in [1.54, 1.807) is 36.2 Å². The lowest BCUT2D eigenvalue weighted by Gasteiger charge is -2.30. The summed E-state index contributed by atoms with van der Waals surface area (Å²) in [6.45, 7) is 3.66. The minimum atomic E-state index is -1.49. The summed E-state index contributed by atoms with van der Waals surface area (Å²) < 4.78 is 20.7. The quantitative estimate of drug-likeness (QED) is 0.208. The number of methoxy groups -OCH3 is 1. The molecule has 1 aliphatic rings. The summed E-state index contributed by atoms with van der Waals surface area (Å²) in [5, 5.41) is 26.9. The second-order valence-electron chi connectivity index (χ2n) is 9.10. The van der Waals surface area contributed by atoms with Crippen molar-refractivity contribution in [2.45, 2.75) is 39.0 Å². The molecule has 1 amide bonds. The van der Waals surface area contributed by atoms with Gasteiger partial charge in [0.05, 0.1) is 5.56 Å². The topological polar surface area (TPSA) is 107 Å². The minimum absolute atomic E-state index is 0.0418. The molecule has 0 radical (unpaired) electrons. The van der Waals surface area contributed by atoms with Crippen molar-refractivity contribution in [2.75, 3.05) is 45.4 Å². The van der Waals surface area contributed by atoms with Gasteiger partial charge in [-0.15, -0.1) is 9.24 Å². The van der Waals surface area contributed by atoms with E-state index in [9.17, 15) is 24.2 Å². The molecule has 1 aromatic heterocycles. The van der Waals surface area contributed by atoms with Gasteiger partial charge < -0.3 is 24.9 Å². The van der Waals surface area contributed by atoms with Gasteiger partial charge in [-0.05, 0) is 43.5 Å². The van der Waals surface area contributed by atoms with Crippen molar-refractivity contribution in [3.8, 4) is 5.75 Å². The number of nitrogens with one attached hydrogen (secondary N) is 1. The maximum absolute atomic E-state index is 14.2. The lowest BCUT2D eigenvalue weighted by atomic mass is 10.1. The van der Waals surface area contributed by atoms with E-state index in [4.69, 9.17) is 4.74 Å². The van der Waals surface area contributed by atoms with Gasteiger partial charge in [0.2, 0.25) is 5.43 Å². The predicted octanol–water partition coefficient (Wildman–Crippen LogP) is 1.45. The number of rotatable bonds is 13. The molecule has 2 unspecified atom stereocenters. The number of amides is 1. The number of hydrogen-bond donors (Lipinski definition) is 3. The van der Waals surface area contributed by atoms with E-state index < -0.39 is 29.1 Å². The van der Waals surface area contributed by atoms with Gasteiger partial charge in [-0.25, -0.2) is 4.39 Å². The molecule has 36 heavy (non-hydrogen) atoms. The summed E-state index contributed by atoms with van der Waals surface area (Å²) in [5.74, 6) is -1.21. The number of halogens is 1. The van der Waals surface area contributed by atoms with Gasteiger partial charge in [-0.1, -0.05) is 12.1 Å². The molecule has 1 fully saturated rings. The molecule has 0 aliphatic heterocycles. The lowest BCUT2D eigenvalue weighted by Crippen LogP contribution is -2.42. The van der Waals surface area contributed by atoms with E-state index in [1.165, 1.54) is 16.9 Å². The van der Waals surface area contributed by atoms with E-state index in [2.05, 4.69) is 14.6 Å². The third-order valence-corrected chi connectivity index (χ3v) is 6.64. The van der Waals surface area contributed by atoms with E-state index in [-0.39, 0.29) is 17.8 Å². The van der Waals surface area contributed by atoms with Gasteiger partial charge in [0.1, 0.15) is 12.0 Å². The van der Waals surface area contributed by atoms with E-state index in [1.807, 2.05) is 6.92 Å². The normalized spacial score (nSPS) is 14.1. The maximum Gasteiger partial charge on any atom is 0.276 e. The Balaban J connectivity index is 1.93. The Morgan fingerprint density at radius 2 is 2.11 bits per heavy atom. The number of aliphatic hydroxyl groups excluding tert-OH is 1. The van der Waals surface area contributed by atoms with Crippen LogP contribution < -0.4 is 21.1 Å². The molecular weight excluding hydrogens is 486 g/mol. The van der Waals surface area contributed by atoms with Crippen LogP contribution >= 0.6 is 9.24 Å². The Hall–Kier alpha value is -2.52. The van der Waals surface area contributed by atoms with Crippen LogP contribution in [0.15, 0.2) is 29.2 Å². The molecule has 3 rings (SSSR count). The molecule has 1 aliphatic carbocycles. The van der Waals surface area contributed by atoms with E-state index in [0.717, 1.165) is 12.8 Å². The minimum Gasteiger partial charge on any atom is -0.502 e. The standard InChI is InChI=1S/C25H36FN4O5P/c1-4-29(10-5-11-35-3)25(34)21-23(32)22(31)19(15-30(21)28(2)14-16-6-7-16)24(33)27-13-17-8-9-18(36)12-20(17)26/h8-9,12,15-16,24,27,32-33H,4-7,10-11,13-14,36H2,1-3H3. The molecule has 11 heteroatoms. The first-order valence-corrected chi connectivity index (χ1v) is 12.7. The number of ether oxygens (including phenoxy) is 1. The molecule has 2 atom stereocenters. The van der Waals surface area contributed by atoms with Crippen molar-refractivity contribution in [2.24, 2.45) is 5.92 Å². The number of aliphatic hydroxyl groups is 1. The second-order valence-corrected chi connectivity index (χ2v) is 9.77. The highest BCUT2D eigenvalue weighted by Gasteiger charge is 2.30. The number of carbonyl (C=O) groups excluding carboxylic acids is 1. The molecule has 1 aromatic carbocycles. The number of pyridine rings is 1. The van der Waals surface area contributed by atoms with Gasteiger partial charge in [-0.2, -0.15) is 0 Å². The summed E-state index contributed by atoms with van der Waals surface area (Å²) in [6.07, 6.45) is 2.62. The van der Waals surface area contributed by atoms with Crippen molar-refractivity contribution < 1.29 is 24.1 Å². The Kier molecular flexibility index (Phi) is 9.84. The highest BCUT2D eigenvalue weighted by molar-refractivity contribution is 7.27. The zero-order valence-electron chi connectivity index (χ0n) is 21.0. The zero-order chi connectivity index (χ0) is 26.4. The third-order valence-electron chi connectivity index (χ3n) is 6.28. The number of carbonyl (C=O) groups is 1. The van der Waals surface area contributed by atoms with Crippen LogP contribution in [0.3, 0.4) is 0 Å². The van der Waals surface area contributed by atoms with Crippen LogP contribution in [0.2, 0.25) is 0 Å². The smallest absolute Gasteiger partial charge is 0.276 e. The summed E-state index contributed by atoms with van der Waals surface area (Å²) >= 11 is 0. The first-order valence-electron chi connectivity index (χ1n) is 12.1. The molecule has 0 spiro atoms. The van der Waals surface area contributed by atoms with Crippen molar-refractivity contribution >= 4 is 20.5 Å². The zero-order valence-corrected chi connectivity index (χ0v) is 22.2. The van der Waals surface area contributed by atoms with Crippen molar-refractivity contribution in [3.05, 3.63) is 57.3 Å². The fourth-order valence-corrected chi connectivity index (χ4v) is 4.25. The van der Waals surface area contributed by atoms with Gasteiger partial charge >= 0.3 is 0 Å². The van der Waals surface area contributed by atoms with Crippen molar-refractivity contribution in [1.29, 1.82) is 0 Å². The number of nitrogens with zero attached hydrogens (tertiary/aromatic N) is 3. The highest BCUT2D eigenvalue weighted by Crippen LogP contribution is 2.30. The molecule has 198 valence electrons. The molecule has 9 nitrogen and oxygen atoms in total. The lowest BCUT2D eigenvalue weighted by molar-refractivity contribution is 0.0728. The van der Waals surface area contributed by atoms with Gasteiger partial charge in [0, 0.05) is 58.7 Å². The third kappa shape index (κ3) is 6.82. The van der Waals surface area contributed by atoms with Crippen molar-refractivity contribution in [1.82, 2.24) is 14.9 Å². The predicted molar refractivity (Wildman–Crippen MR) is 140 cm³/mol. The number of aromatic nitrogens is 1. The number of hydrogen-bond acceptors (Lipinski definition) is 7. The Labute approximate surface area is 213 Å². The summed E-state index contributed by atoms with van der Waals surface area (Å²) in [4.78, 5) is 28.1. The first-order chi connectivity index (χ1) is 17.2. The molecule has 1 heterocycles. The van der Waals surface area contributed by atoms with Crippen LogP contribution in [0.25, 0.3) is 0 Å². The fourth-order valence-electron chi connectivity index (χ4n) is 4.01. The average Bonchev–Trinajstić information content (AvgIpc) is 3.66. The van der Waals surface area contributed by atoms with Gasteiger partial charge in [-0.3, -0.25) is 19.6 Å². The van der Waals surface area contributed by atoms with Crippen LogP contribution in [0, 0.1) is 11.7 Å². The molecule has 0 bridgehead atoms. The molecular formula is C25H36FN4O5P. The van der Waals surface area contributed by atoms with Crippen LogP contribution in [-0.2, 0) is 11.3 Å². The van der Waals surface area contributed by atoms with E-state index in [0.29, 0.717) is 49.4 Å². The van der Waals surface area contributed by atoms with Crippen LogP contribution in [-0.4, -0.2) is 66.1 Å². The SMILES string of the molecule is CCN(CCCOC)C(=O)c1c(O)c(=O)c(C(O)NCc2ccc(P)cc2F)cn1N(C)CC1CC1. The summed E-state index contributed by atoms with van der Waals surface area (Å²) in [6, 6.07) is 4.66. The Morgan fingerprint density at radius 1 is 1.39 bits per heavy atom. The van der Waals surface area contributed by atoms with E-state index >= 15 is 0 Å². The largest absolute Gasteiger partial charge is 0.502 e. The van der Waals surface area contributed by atoms with Crippen LogP contribution in [0.4, 0.5) is 4.39 Å². The fraction of sp³-hybridized carbons (Fsp3) is 0.520. The molecule has 0 saturated heterocycles. The first kappa shape index (κ1) is 28.1. The van der Waals surface area contributed by atoms with Gasteiger partial charge in [0.15, 0.2) is 11.4 Å². The van der Waals surface area contributed by atoms with Gasteiger partial charge in [0.25, 0.3) is 5.91 Å². The maximum atomic E-state index is 14.2. The monoisotopic (exact) mass is 522 g/mol. The van der Waals surface area contributed by atoms with Crippen LogP contribution in [0.5, 0.6) is 5.75 Å². The van der Waals surface area contributed by atoms with Crippen molar-refractivity contribution in [3.63, 3.8) is 0 Å². The number of aromatic hydroxyl groups is 1. The molecule has 2 aromatic rings. The Bertz CT molecular complexity index is 1120. The second kappa shape index (κ2) is 12.6. The average molecular weight is 523 g/mol. The number of benzene rings is 1. The van der Waals surface area contributed by atoms with Crippen LogP contribution in [0.1, 0.15) is 54.0 Å². The molecule has 3 N–H and O–H groups in total.